The van der Waals surface area contributed by atoms with Gasteiger partial charge in [0.2, 0.25) is 0 Å². The second-order valence-corrected chi connectivity index (χ2v) is 7.87. The van der Waals surface area contributed by atoms with E-state index in [1.807, 2.05) is 30.3 Å². The van der Waals surface area contributed by atoms with Gasteiger partial charge in [-0.1, -0.05) is 55.5 Å². The first-order chi connectivity index (χ1) is 11.5. The normalized spacial score (nSPS) is 13.9. The Balaban J connectivity index is 2.23. The average molecular weight is 346 g/mol. The van der Waals surface area contributed by atoms with Crippen molar-refractivity contribution in [1.82, 2.24) is 0 Å². The van der Waals surface area contributed by atoms with Crippen molar-refractivity contribution in [3.8, 4) is 0 Å². The van der Waals surface area contributed by atoms with Crippen molar-refractivity contribution in [2.24, 2.45) is 5.92 Å². The Bertz CT molecular complexity index is 754. The van der Waals surface area contributed by atoms with Crippen LogP contribution in [0.4, 0.5) is 0 Å². The average Bonchev–Trinajstić information content (AvgIpc) is 2.61. The van der Waals surface area contributed by atoms with Crippen LogP contribution in [-0.4, -0.2) is 26.7 Å². The van der Waals surface area contributed by atoms with Crippen LogP contribution in [0.2, 0.25) is 0 Å². The van der Waals surface area contributed by atoms with E-state index in [9.17, 15) is 13.2 Å². The summed E-state index contributed by atoms with van der Waals surface area (Å²) in [6.45, 7) is 1.78. The highest BCUT2D eigenvalue weighted by molar-refractivity contribution is 7.92. The van der Waals surface area contributed by atoms with Crippen LogP contribution in [0.5, 0.6) is 0 Å². The number of rotatable bonds is 7. The van der Waals surface area contributed by atoms with Gasteiger partial charge in [-0.15, -0.1) is 0 Å². The minimum Gasteiger partial charge on any atom is -0.468 e. The van der Waals surface area contributed by atoms with Crippen molar-refractivity contribution in [3.63, 3.8) is 0 Å². The molecule has 128 valence electrons. The minimum atomic E-state index is -3.79. The van der Waals surface area contributed by atoms with E-state index in [0.717, 1.165) is 5.56 Å². The summed E-state index contributed by atoms with van der Waals surface area (Å²) in [7, 11) is -2.57. The van der Waals surface area contributed by atoms with E-state index >= 15 is 0 Å². The number of aryl methyl sites for hydroxylation is 1. The predicted octanol–water partition coefficient (Wildman–Crippen LogP) is 3.27. The minimum absolute atomic E-state index is 0.145. The Hall–Kier alpha value is -2.14. The Labute approximate surface area is 143 Å². The monoisotopic (exact) mass is 346 g/mol. The number of esters is 1. The molecule has 2 aromatic carbocycles. The molecule has 0 N–H and O–H groups in total. The highest BCUT2D eigenvalue weighted by atomic mass is 32.2. The van der Waals surface area contributed by atoms with Gasteiger partial charge in [-0.3, -0.25) is 4.79 Å². The third-order valence-electron chi connectivity index (χ3n) is 4.09. The van der Waals surface area contributed by atoms with E-state index in [-0.39, 0.29) is 10.8 Å². The number of sulfone groups is 1. The van der Waals surface area contributed by atoms with Crippen LogP contribution < -0.4 is 0 Å². The molecule has 5 heteroatoms. The van der Waals surface area contributed by atoms with E-state index in [1.54, 1.807) is 25.1 Å². The van der Waals surface area contributed by atoms with Gasteiger partial charge in [-0.25, -0.2) is 8.42 Å². The number of carbonyl (C=O) groups is 1. The number of benzene rings is 2. The number of hydrogen-bond donors (Lipinski definition) is 0. The molecule has 0 radical (unpaired) electrons. The van der Waals surface area contributed by atoms with Gasteiger partial charge in [0, 0.05) is 0 Å². The highest BCUT2D eigenvalue weighted by Gasteiger charge is 2.39. The van der Waals surface area contributed by atoms with Crippen molar-refractivity contribution in [2.75, 3.05) is 7.11 Å². The molecular weight excluding hydrogens is 324 g/mol. The SMILES string of the molecule is COC(=O)C(C(C)CCc1ccccc1)S(=O)(=O)c1ccccc1. The molecule has 2 aromatic rings. The van der Waals surface area contributed by atoms with Gasteiger partial charge in [0.05, 0.1) is 12.0 Å². The molecule has 4 nitrogen and oxygen atoms in total. The molecule has 0 spiro atoms. The van der Waals surface area contributed by atoms with Gasteiger partial charge in [-0.05, 0) is 36.5 Å². The maximum absolute atomic E-state index is 12.9. The van der Waals surface area contributed by atoms with Crippen LogP contribution in [0.3, 0.4) is 0 Å². The third-order valence-corrected chi connectivity index (χ3v) is 6.34. The molecule has 2 atom stereocenters. The molecule has 0 aromatic heterocycles. The summed E-state index contributed by atoms with van der Waals surface area (Å²) < 4.78 is 30.5. The fourth-order valence-electron chi connectivity index (χ4n) is 2.73. The topological polar surface area (TPSA) is 60.4 Å². The molecular formula is C19H22O4S. The van der Waals surface area contributed by atoms with E-state index in [2.05, 4.69) is 0 Å². The molecule has 0 saturated heterocycles. The first-order valence-electron chi connectivity index (χ1n) is 7.87. The van der Waals surface area contributed by atoms with Gasteiger partial charge >= 0.3 is 5.97 Å². The smallest absolute Gasteiger partial charge is 0.324 e. The second-order valence-electron chi connectivity index (χ2n) is 5.80. The Kier molecular flexibility index (Phi) is 6.15. The molecule has 0 fully saturated rings. The number of ether oxygens (including phenoxy) is 1. The Morgan fingerprint density at radius 3 is 2.08 bits per heavy atom. The summed E-state index contributed by atoms with van der Waals surface area (Å²) in [5.41, 5.74) is 1.12. The first-order valence-corrected chi connectivity index (χ1v) is 9.42. The first kappa shape index (κ1) is 18.2. The summed E-state index contributed by atoms with van der Waals surface area (Å²) in [6, 6.07) is 17.9. The predicted molar refractivity (Wildman–Crippen MR) is 93.4 cm³/mol. The second kappa shape index (κ2) is 8.11. The molecule has 24 heavy (non-hydrogen) atoms. The van der Waals surface area contributed by atoms with Crippen LogP contribution >= 0.6 is 0 Å². The fourth-order valence-corrected chi connectivity index (χ4v) is 4.66. The molecule has 0 aliphatic heterocycles. The molecule has 2 unspecified atom stereocenters. The van der Waals surface area contributed by atoms with Crippen molar-refractivity contribution >= 4 is 15.8 Å². The van der Waals surface area contributed by atoms with Gasteiger partial charge in [-0.2, -0.15) is 0 Å². The van der Waals surface area contributed by atoms with Crippen LogP contribution in [0.15, 0.2) is 65.6 Å². The van der Waals surface area contributed by atoms with Crippen LogP contribution in [0.25, 0.3) is 0 Å². The lowest BCUT2D eigenvalue weighted by atomic mass is 9.98. The summed E-state index contributed by atoms with van der Waals surface area (Å²) in [6.07, 6.45) is 1.29. The largest absolute Gasteiger partial charge is 0.468 e. The quantitative estimate of drug-likeness (QED) is 0.722. The maximum atomic E-state index is 12.9. The zero-order valence-electron chi connectivity index (χ0n) is 13.9. The Morgan fingerprint density at radius 2 is 1.54 bits per heavy atom. The fraction of sp³-hybridized carbons (Fsp3) is 0.316. The number of hydrogen-bond acceptors (Lipinski definition) is 4. The van der Waals surface area contributed by atoms with Crippen LogP contribution in [0.1, 0.15) is 18.9 Å². The van der Waals surface area contributed by atoms with Gasteiger partial charge < -0.3 is 4.74 Å². The Morgan fingerprint density at radius 1 is 1.00 bits per heavy atom. The molecule has 0 amide bonds. The lowest BCUT2D eigenvalue weighted by Crippen LogP contribution is -2.37. The summed E-state index contributed by atoms with van der Waals surface area (Å²) in [4.78, 5) is 12.3. The van der Waals surface area contributed by atoms with Crippen molar-refractivity contribution in [1.29, 1.82) is 0 Å². The van der Waals surface area contributed by atoms with Gasteiger partial charge in [0.25, 0.3) is 0 Å². The molecule has 0 aliphatic rings. The van der Waals surface area contributed by atoms with Crippen molar-refractivity contribution in [3.05, 3.63) is 66.2 Å². The standard InChI is InChI=1S/C19H22O4S/c1-15(13-14-16-9-5-3-6-10-16)18(19(20)23-2)24(21,22)17-11-7-4-8-12-17/h3-12,15,18H,13-14H2,1-2H3. The third kappa shape index (κ3) is 4.23. The van der Waals surface area contributed by atoms with Gasteiger partial charge in [0.15, 0.2) is 15.1 Å². The molecule has 2 rings (SSSR count). The van der Waals surface area contributed by atoms with Crippen LogP contribution in [-0.2, 0) is 25.8 Å². The molecule has 0 saturated carbocycles. The molecule has 0 heterocycles. The highest BCUT2D eigenvalue weighted by Crippen LogP contribution is 2.26. The van der Waals surface area contributed by atoms with Crippen molar-refractivity contribution in [2.45, 2.75) is 29.9 Å². The van der Waals surface area contributed by atoms with E-state index < -0.39 is 21.1 Å². The zero-order chi connectivity index (χ0) is 17.6. The lowest BCUT2D eigenvalue weighted by molar-refractivity contribution is -0.141. The zero-order valence-corrected chi connectivity index (χ0v) is 14.7. The van der Waals surface area contributed by atoms with E-state index in [0.29, 0.717) is 12.8 Å². The molecule has 0 aliphatic carbocycles. The van der Waals surface area contributed by atoms with E-state index in [1.165, 1.54) is 19.2 Å². The van der Waals surface area contributed by atoms with E-state index in [4.69, 9.17) is 4.74 Å². The summed E-state index contributed by atoms with van der Waals surface area (Å²) in [5.74, 6) is -1.07. The maximum Gasteiger partial charge on any atom is 0.324 e. The van der Waals surface area contributed by atoms with Crippen LogP contribution in [0, 0.1) is 5.92 Å². The van der Waals surface area contributed by atoms with Crippen molar-refractivity contribution < 1.29 is 17.9 Å². The summed E-state index contributed by atoms with van der Waals surface area (Å²) in [5, 5.41) is -1.20. The molecule has 0 bridgehead atoms. The van der Waals surface area contributed by atoms with Gasteiger partial charge in [0.1, 0.15) is 0 Å². The summed E-state index contributed by atoms with van der Waals surface area (Å²) >= 11 is 0. The lowest BCUT2D eigenvalue weighted by Gasteiger charge is -2.22. The number of methoxy groups -OCH3 is 1. The number of carbonyl (C=O) groups excluding carboxylic acids is 1.